The van der Waals surface area contributed by atoms with Crippen LogP contribution in [0.15, 0.2) is 24.3 Å². The summed E-state index contributed by atoms with van der Waals surface area (Å²) < 4.78 is 39.2. The molecule has 0 radical (unpaired) electrons. The standard InChI is InChI=1S/C23H37BO9/c1-22(2)23(3,4)33-24(32-22)19-5-7-20(8-6-19)31-18-17-30-16-15-29-14-13-28-12-11-27-10-9-21(25)26/h5-8H,9-18H2,1-4H3,(H,25,26). The second-order valence-electron chi connectivity index (χ2n) is 8.60. The van der Waals surface area contributed by atoms with Gasteiger partial charge in [0.15, 0.2) is 0 Å². The first-order chi connectivity index (χ1) is 15.7. The lowest BCUT2D eigenvalue weighted by molar-refractivity contribution is -0.138. The van der Waals surface area contributed by atoms with Gasteiger partial charge in [-0.15, -0.1) is 0 Å². The lowest BCUT2D eigenvalue weighted by Gasteiger charge is -2.32. The van der Waals surface area contributed by atoms with Crippen LogP contribution in [-0.2, 0) is 33.1 Å². The maximum atomic E-state index is 10.3. The van der Waals surface area contributed by atoms with Gasteiger partial charge in [0.2, 0.25) is 0 Å². The van der Waals surface area contributed by atoms with Crippen LogP contribution >= 0.6 is 0 Å². The zero-order chi connectivity index (χ0) is 24.2. The van der Waals surface area contributed by atoms with Crippen molar-refractivity contribution in [2.24, 2.45) is 0 Å². The first-order valence-corrected chi connectivity index (χ1v) is 11.3. The number of carboxylic acid groups (broad SMARTS) is 1. The van der Waals surface area contributed by atoms with Gasteiger partial charge >= 0.3 is 13.1 Å². The summed E-state index contributed by atoms with van der Waals surface area (Å²) in [5.74, 6) is -0.106. The molecule has 1 fully saturated rings. The lowest BCUT2D eigenvalue weighted by Crippen LogP contribution is -2.41. The van der Waals surface area contributed by atoms with Gasteiger partial charge in [-0.1, -0.05) is 12.1 Å². The van der Waals surface area contributed by atoms with Crippen molar-refractivity contribution in [1.82, 2.24) is 0 Å². The SMILES string of the molecule is CC1(C)OB(c2ccc(OCCOCCOCCOCCOCCC(=O)O)cc2)OC1(C)C. The number of rotatable bonds is 17. The van der Waals surface area contributed by atoms with Gasteiger partial charge in [-0.05, 0) is 45.3 Å². The second kappa shape index (κ2) is 13.9. The van der Waals surface area contributed by atoms with Crippen LogP contribution in [0.1, 0.15) is 34.1 Å². The van der Waals surface area contributed by atoms with Crippen molar-refractivity contribution in [3.05, 3.63) is 24.3 Å². The van der Waals surface area contributed by atoms with E-state index in [9.17, 15) is 4.79 Å². The summed E-state index contributed by atoms with van der Waals surface area (Å²) in [6, 6.07) is 7.72. The van der Waals surface area contributed by atoms with Crippen LogP contribution in [0.3, 0.4) is 0 Å². The Morgan fingerprint density at radius 2 is 1.18 bits per heavy atom. The molecule has 9 nitrogen and oxygen atoms in total. The summed E-state index contributed by atoms with van der Waals surface area (Å²) >= 11 is 0. The van der Waals surface area contributed by atoms with E-state index in [1.165, 1.54) is 0 Å². The molecule has 1 aliphatic heterocycles. The number of ether oxygens (including phenoxy) is 5. The Morgan fingerprint density at radius 1 is 0.758 bits per heavy atom. The first kappa shape index (κ1) is 27.6. The summed E-state index contributed by atoms with van der Waals surface area (Å²) in [6.45, 7) is 11.9. The molecular weight excluding hydrogens is 431 g/mol. The van der Waals surface area contributed by atoms with E-state index < -0.39 is 5.97 Å². The highest BCUT2D eigenvalue weighted by Gasteiger charge is 2.51. The summed E-state index contributed by atoms with van der Waals surface area (Å²) in [4.78, 5) is 10.3. The minimum Gasteiger partial charge on any atom is -0.491 e. The molecule has 0 bridgehead atoms. The van der Waals surface area contributed by atoms with Crippen LogP contribution in [0.5, 0.6) is 5.75 Å². The van der Waals surface area contributed by atoms with Gasteiger partial charge in [0.1, 0.15) is 12.4 Å². The molecule has 1 heterocycles. The number of benzene rings is 1. The van der Waals surface area contributed by atoms with Crippen molar-refractivity contribution in [3.63, 3.8) is 0 Å². The third-order valence-electron chi connectivity index (χ3n) is 5.48. The monoisotopic (exact) mass is 468 g/mol. The van der Waals surface area contributed by atoms with Crippen LogP contribution in [-0.4, -0.2) is 88.9 Å². The molecule has 0 spiro atoms. The zero-order valence-corrected chi connectivity index (χ0v) is 20.2. The molecule has 0 saturated carbocycles. The predicted octanol–water partition coefficient (Wildman–Crippen LogP) is 1.91. The predicted molar refractivity (Wildman–Crippen MR) is 123 cm³/mol. The van der Waals surface area contributed by atoms with E-state index in [1.54, 1.807) is 0 Å². The second-order valence-corrected chi connectivity index (χ2v) is 8.60. The van der Waals surface area contributed by atoms with Crippen molar-refractivity contribution < 1.29 is 42.9 Å². The van der Waals surface area contributed by atoms with Crippen molar-refractivity contribution in [3.8, 4) is 5.75 Å². The minimum atomic E-state index is -0.870. The molecule has 186 valence electrons. The molecule has 1 saturated heterocycles. The molecule has 0 unspecified atom stereocenters. The summed E-state index contributed by atoms with van der Waals surface area (Å²) in [5.41, 5.74) is 0.241. The van der Waals surface area contributed by atoms with Crippen LogP contribution in [0, 0.1) is 0 Å². The fourth-order valence-electron chi connectivity index (χ4n) is 2.84. The Balaban J connectivity index is 1.43. The molecule has 0 atom stereocenters. The van der Waals surface area contributed by atoms with Crippen molar-refractivity contribution in [2.75, 3.05) is 59.5 Å². The smallest absolute Gasteiger partial charge is 0.491 e. The Bertz CT molecular complexity index is 678. The van der Waals surface area contributed by atoms with Gasteiger partial charge in [0, 0.05) is 0 Å². The highest BCUT2D eigenvalue weighted by Crippen LogP contribution is 2.36. The number of aliphatic carboxylic acids is 1. The lowest BCUT2D eigenvalue weighted by atomic mass is 9.79. The molecule has 1 aromatic carbocycles. The zero-order valence-electron chi connectivity index (χ0n) is 20.2. The quantitative estimate of drug-likeness (QED) is 0.271. The summed E-state index contributed by atoms with van der Waals surface area (Å²) in [6.07, 6.45) is 0.00291. The van der Waals surface area contributed by atoms with E-state index in [0.717, 1.165) is 11.2 Å². The van der Waals surface area contributed by atoms with Crippen LogP contribution in [0.4, 0.5) is 0 Å². The Labute approximate surface area is 196 Å². The highest BCUT2D eigenvalue weighted by molar-refractivity contribution is 6.62. The van der Waals surface area contributed by atoms with Gasteiger partial charge in [-0.2, -0.15) is 0 Å². The molecule has 0 aliphatic carbocycles. The number of carbonyl (C=O) groups is 1. The number of hydrogen-bond donors (Lipinski definition) is 1. The van der Waals surface area contributed by atoms with Crippen molar-refractivity contribution in [2.45, 2.75) is 45.3 Å². The number of carboxylic acids is 1. The number of hydrogen-bond acceptors (Lipinski definition) is 8. The van der Waals surface area contributed by atoms with Crippen LogP contribution in [0.25, 0.3) is 0 Å². The molecule has 0 amide bonds. The van der Waals surface area contributed by atoms with Gasteiger partial charge in [0.05, 0.1) is 70.5 Å². The van der Waals surface area contributed by atoms with E-state index >= 15 is 0 Å². The molecular formula is C23H37BO9. The molecule has 10 heteroatoms. The average Bonchev–Trinajstić information content (AvgIpc) is 2.98. The molecule has 33 heavy (non-hydrogen) atoms. The maximum absolute atomic E-state index is 10.3. The van der Waals surface area contributed by atoms with E-state index in [0.29, 0.717) is 52.9 Å². The van der Waals surface area contributed by atoms with Gasteiger partial charge < -0.3 is 38.1 Å². The molecule has 0 aromatic heterocycles. The molecule has 1 aliphatic rings. The van der Waals surface area contributed by atoms with E-state index in [1.807, 2.05) is 52.0 Å². The fraction of sp³-hybridized carbons (Fsp3) is 0.696. The summed E-state index contributed by atoms with van der Waals surface area (Å²) in [7, 11) is -0.380. The third-order valence-corrected chi connectivity index (χ3v) is 5.48. The van der Waals surface area contributed by atoms with Crippen molar-refractivity contribution in [1.29, 1.82) is 0 Å². The van der Waals surface area contributed by atoms with Gasteiger partial charge in [0.25, 0.3) is 0 Å². The molecule has 2 rings (SSSR count). The Kier molecular flexibility index (Phi) is 11.6. The van der Waals surface area contributed by atoms with E-state index in [-0.39, 0.29) is 31.3 Å². The molecule has 1 aromatic rings. The topological polar surface area (TPSA) is 102 Å². The Morgan fingerprint density at radius 3 is 1.64 bits per heavy atom. The Hall–Kier alpha value is -1.69. The molecule has 1 N–H and O–H groups in total. The van der Waals surface area contributed by atoms with E-state index in [2.05, 4.69) is 0 Å². The third kappa shape index (κ3) is 9.99. The van der Waals surface area contributed by atoms with Crippen molar-refractivity contribution >= 4 is 18.6 Å². The first-order valence-electron chi connectivity index (χ1n) is 11.3. The minimum absolute atomic E-state index is 0.00291. The van der Waals surface area contributed by atoms with Gasteiger partial charge in [-0.25, -0.2) is 0 Å². The largest absolute Gasteiger partial charge is 0.494 e. The van der Waals surface area contributed by atoms with E-state index in [4.69, 9.17) is 38.1 Å². The average molecular weight is 468 g/mol. The summed E-state index contributed by atoms with van der Waals surface area (Å²) in [5, 5.41) is 8.47. The van der Waals surface area contributed by atoms with Gasteiger partial charge in [-0.3, -0.25) is 4.79 Å². The maximum Gasteiger partial charge on any atom is 0.494 e. The van der Waals surface area contributed by atoms with Crippen LogP contribution < -0.4 is 10.2 Å². The highest BCUT2D eigenvalue weighted by atomic mass is 16.7. The fourth-order valence-corrected chi connectivity index (χ4v) is 2.84. The normalized spacial score (nSPS) is 16.8. The van der Waals surface area contributed by atoms with Crippen LogP contribution in [0.2, 0.25) is 0 Å².